The van der Waals surface area contributed by atoms with Crippen LogP contribution in [0.3, 0.4) is 0 Å². The van der Waals surface area contributed by atoms with Crippen LogP contribution in [0.2, 0.25) is 0 Å². The summed E-state index contributed by atoms with van der Waals surface area (Å²) >= 11 is 2.97. The van der Waals surface area contributed by atoms with Crippen molar-refractivity contribution in [1.29, 1.82) is 0 Å². The third-order valence-electron chi connectivity index (χ3n) is 3.08. The van der Waals surface area contributed by atoms with E-state index in [9.17, 15) is 13.6 Å². The van der Waals surface area contributed by atoms with Gasteiger partial charge in [-0.25, -0.2) is 8.78 Å². The van der Waals surface area contributed by atoms with Crippen molar-refractivity contribution in [3.63, 3.8) is 0 Å². The summed E-state index contributed by atoms with van der Waals surface area (Å²) in [6.45, 7) is 1.82. The molecule has 0 saturated heterocycles. The van der Waals surface area contributed by atoms with Gasteiger partial charge in [0.25, 0.3) is 0 Å². The minimum atomic E-state index is -0.751. The minimum Gasteiger partial charge on any atom is -0.398 e. The van der Waals surface area contributed by atoms with Crippen LogP contribution in [0.25, 0.3) is 0 Å². The Bertz CT molecular complexity index is 686. The molecule has 0 spiro atoms. The van der Waals surface area contributed by atoms with Gasteiger partial charge >= 0.3 is 0 Å². The average molecular weight is 340 g/mol. The molecule has 0 fully saturated rings. The first kappa shape index (κ1) is 14.7. The van der Waals surface area contributed by atoms with Crippen LogP contribution in [0.1, 0.15) is 21.5 Å². The smallest absolute Gasteiger partial charge is 0.167 e. The van der Waals surface area contributed by atoms with Crippen molar-refractivity contribution in [3.8, 4) is 0 Å². The van der Waals surface area contributed by atoms with Crippen molar-refractivity contribution in [1.82, 2.24) is 0 Å². The van der Waals surface area contributed by atoms with Crippen LogP contribution in [0, 0.1) is 18.6 Å². The van der Waals surface area contributed by atoms with Crippen molar-refractivity contribution in [2.45, 2.75) is 13.3 Å². The van der Waals surface area contributed by atoms with Crippen LogP contribution in [0.15, 0.2) is 34.8 Å². The molecule has 0 aliphatic rings. The van der Waals surface area contributed by atoms with Gasteiger partial charge in [0.2, 0.25) is 0 Å². The van der Waals surface area contributed by atoms with Gasteiger partial charge in [-0.3, -0.25) is 4.79 Å². The summed E-state index contributed by atoms with van der Waals surface area (Å²) in [5.41, 5.74) is 7.15. The van der Waals surface area contributed by atoms with Gasteiger partial charge in [-0.1, -0.05) is 12.1 Å². The topological polar surface area (TPSA) is 43.1 Å². The zero-order chi connectivity index (χ0) is 14.9. The largest absolute Gasteiger partial charge is 0.398 e. The third-order valence-corrected chi connectivity index (χ3v) is 3.69. The lowest BCUT2D eigenvalue weighted by atomic mass is 10.0. The second-order valence-electron chi connectivity index (χ2n) is 4.49. The van der Waals surface area contributed by atoms with Gasteiger partial charge in [0.1, 0.15) is 11.6 Å². The highest BCUT2D eigenvalue weighted by Crippen LogP contribution is 2.23. The number of carbonyl (C=O) groups is 1. The molecule has 2 N–H and O–H groups in total. The van der Waals surface area contributed by atoms with Crippen molar-refractivity contribution < 1.29 is 13.6 Å². The Kier molecular flexibility index (Phi) is 4.18. The molecule has 0 amide bonds. The number of nitrogen functional groups attached to an aromatic ring is 1. The maximum absolute atomic E-state index is 13.8. The molecule has 2 aromatic rings. The number of nitrogens with two attached hydrogens (primary N) is 1. The number of carbonyl (C=O) groups excluding carboxylic acids is 1. The molecule has 2 rings (SSSR count). The van der Waals surface area contributed by atoms with E-state index in [1.54, 1.807) is 12.1 Å². The normalized spacial score (nSPS) is 10.6. The van der Waals surface area contributed by atoms with Gasteiger partial charge < -0.3 is 5.73 Å². The van der Waals surface area contributed by atoms with E-state index in [1.165, 1.54) is 12.1 Å². The summed E-state index contributed by atoms with van der Waals surface area (Å²) < 4.78 is 27.6. The molecule has 0 unspecified atom stereocenters. The van der Waals surface area contributed by atoms with Crippen LogP contribution in [-0.2, 0) is 6.42 Å². The number of ketones is 1. The number of hydrogen-bond acceptors (Lipinski definition) is 2. The molecule has 0 atom stereocenters. The zero-order valence-corrected chi connectivity index (χ0v) is 12.3. The van der Waals surface area contributed by atoms with Gasteiger partial charge in [-0.2, -0.15) is 0 Å². The zero-order valence-electron chi connectivity index (χ0n) is 10.7. The molecule has 0 aliphatic carbocycles. The lowest BCUT2D eigenvalue weighted by Gasteiger charge is -2.07. The van der Waals surface area contributed by atoms with E-state index in [0.29, 0.717) is 11.3 Å². The molecule has 0 bridgehead atoms. The summed E-state index contributed by atoms with van der Waals surface area (Å²) in [4.78, 5) is 12.1. The predicted molar refractivity (Wildman–Crippen MR) is 77.7 cm³/mol. The molecule has 0 radical (unpaired) electrons. The van der Waals surface area contributed by atoms with Gasteiger partial charge in [-0.05, 0) is 46.6 Å². The summed E-state index contributed by atoms with van der Waals surface area (Å²) in [5.74, 6) is -1.87. The minimum absolute atomic E-state index is 0.130. The van der Waals surface area contributed by atoms with Crippen molar-refractivity contribution >= 4 is 27.4 Å². The molecular weight excluding hydrogens is 328 g/mol. The van der Waals surface area contributed by atoms with Gasteiger partial charge in [-0.15, -0.1) is 0 Å². The standard InChI is InChI=1S/C15H12BrF2NO/c1-8-2-3-9(6-13(8)19)14(20)7-10-12(17)5-4-11(16)15(10)18/h2-6H,7,19H2,1H3. The van der Waals surface area contributed by atoms with Crippen molar-refractivity contribution in [3.05, 3.63) is 63.1 Å². The first-order chi connectivity index (χ1) is 9.40. The molecule has 104 valence electrons. The Morgan fingerprint density at radius 3 is 2.60 bits per heavy atom. The average Bonchev–Trinajstić information content (AvgIpc) is 2.42. The SMILES string of the molecule is Cc1ccc(C(=O)Cc2c(F)ccc(Br)c2F)cc1N. The van der Waals surface area contributed by atoms with E-state index in [2.05, 4.69) is 15.9 Å². The maximum atomic E-state index is 13.8. The molecule has 0 aliphatic heterocycles. The highest BCUT2D eigenvalue weighted by atomic mass is 79.9. The molecule has 2 aromatic carbocycles. The Hall–Kier alpha value is -1.75. The fourth-order valence-electron chi connectivity index (χ4n) is 1.81. The van der Waals surface area contributed by atoms with E-state index in [0.717, 1.165) is 11.6 Å². The molecule has 0 heterocycles. The van der Waals surface area contributed by atoms with E-state index < -0.39 is 11.6 Å². The molecule has 5 heteroatoms. The Balaban J connectivity index is 2.32. The van der Waals surface area contributed by atoms with E-state index >= 15 is 0 Å². The van der Waals surface area contributed by atoms with Crippen molar-refractivity contribution in [2.24, 2.45) is 0 Å². The van der Waals surface area contributed by atoms with Crippen LogP contribution in [0.5, 0.6) is 0 Å². The van der Waals surface area contributed by atoms with Gasteiger partial charge in [0.05, 0.1) is 4.47 Å². The Morgan fingerprint density at radius 1 is 1.25 bits per heavy atom. The quantitative estimate of drug-likeness (QED) is 0.521. The maximum Gasteiger partial charge on any atom is 0.167 e. The van der Waals surface area contributed by atoms with E-state index in [-0.39, 0.29) is 22.2 Å². The van der Waals surface area contributed by atoms with Crippen LogP contribution in [-0.4, -0.2) is 5.78 Å². The highest BCUT2D eigenvalue weighted by molar-refractivity contribution is 9.10. The summed E-state index contributed by atoms with van der Waals surface area (Å²) in [5, 5.41) is 0. The van der Waals surface area contributed by atoms with Crippen LogP contribution in [0.4, 0.5) is 14.5 Å². The van der Waals surface area contributed by atoms with Gasteiger partial charge in [0.15, 0.2) is 5.78 Å². The monoisotopic (exact) mass is 339 g/mol. The molecule has 2 nitrogen and oxygen atoms in total. The second kappa shape index (κ2) is 5.71. The first-order valence-electron chi connectivity index (χ1n) is 5.92. The number of benzene rings is 2. The second-order valence-corrected chi connectivity index (χ2v) is 5.35. The van der Waals surface area contributed by atoms with E-state index in [1.807, 2.05) is 6.92 Å². The molecule has 0 saturated carbocycles. The number of halogens is 3. The van der Waals surface area contributed by atoms with Crippen LogP contribution >= 0.6 is 15.9 Å². The van der Waals surface area contributed by atoms with E-state index in [4.69, 9.17) is 5.73 Å². The fourth-order valence-corrected chi connectivity index (χ4v) is 2.18. The number of anilines is 1. The molecule has 20 heavy (non-hydrogen) atoms. The first-order valence-corrected chi connectivity index (χ1v) is 6.71. The predicted octanol–water partition coefficient (Wildman–Crippen LogP) is 4.04. The number of hydrogen-bond donors (Lipinski definition) is 1. The number of aryl methyl sites for hydroxylation is 1. The van der Waals surface area contributed by atoms with Gasteiger partial charge in [0, 0.05) is 23.2 Å². The molecule has 0 aromatic heterocycles. The number of rotatable bonds is 3. The molecular formula is C15H12BrF2NO. The lowest BCUT2D eigenvalue weighted by Crippen LogP contribution is -2.08. The highest BCUT2D eigenvalue weighted by Gasteiger charge is 2.17. The number of Topliss-reactive ketones (excluding diaryl/α,β-unsaturated/α-hetero) is 1. The Morgan fingerprint density at radius 2 is 1.95 bits per heavy atom. The Labute approximate surface area is 123 Å². The summed E-state index contributed by atoms with van der Waals surface area (Å²) in [7, 11) is 0. The summed E-state index contributed by atoms with van der Waals surface area (Å²) in [6.07, 6.45) is -0.348. The lowest BCUT2D eigenvalue weighted by molar-refractivity contribution is 0.0990. The van der Waals surface area contributed by atoms with Crippen molar-refractivity contribution in [2.75, 3.05) is 5.73 Å². The summed E-state index contributed by atoms with van der Waals surface area (Å²) in [6, 6.07) is 7.21. The third kappa shape index (κ3) is 2.88. The van der Waals surface area contributed by atoms with Crippen LogP contribution < -0.4 is 5.73 Å². The fraction of sp³-hybridized carbons (Fsp3) is 0.133.